The monoisotopic (exact) mass is 282 g/mol. The van der Waals surface area contributed by atoms with E-state index >= 15 is 0 Å². The van der Waals surface area contributed by atoms with Crippen molar-refractivity contribution in [3.05, 3.63) is 35.9 Å². The van der Waals surface area contributed by atoms with Crippen LogP contribution >= 0.6 is 0 Å². The molecular formula is C17H22N4. The summed E-state index contributed by atoms with van der Waals surface area (Å²) < 4.78 is 0. The molecule has 0 aliphatic heterocycles. The lowest BCUT2D eigenvalue weighted by Gasteiger charge is -2.24. The van der Waals surface area contributed by atoms with Gasteiger partial charge in [0.25, 0.3) is 0 Å². The third-order valence-electron chi connectivity index (χ3n) is 3.71. The van der Waals surface area contributed by atoms with Gasteiger partial charge >= 0.3 is 0 Å². The van der Waals surface area contributed by atoms with Gasteiger partial charge in [0.05, 0.1) is 18.0 Å². The van der Waals surface area contributed by atoms with Crippen LogP contribution in [-0.2, 0) is 6.54 Å². The zero-order valence-corrected chi connectivity index (χ0v) is 12.9. The molecule has 1 heterocycles. The summed E-state index contributed by atoms with van der Waals surface area (Å²) in [6.07, 6.45) is 0.536. The molecule has 1 N–H and O–H groups in total. The first-order valence-electron chi connectivity index (χ1n) is 7.35. The summed E-state index contributed by atoms with van der Waals surface area (Å²) in [6.45, 7) is 5.77. The number of hydrogen-bond acceptors (Lipinski definition) is 4. The van der Waals surface area contributed by atoms with Crippen LogP contribution in [0.25, 0.3) is 10.9 Å². The second kappa shape index (κ2) is 7.05. The Bertz CT molecular complexity index is 645. The van der Waals surface area contributed by atoms with Crippen molar-refractivity contribution in [3.63, 3.8) is 0 Å². The molecule has 110 valence electrons. The maximum Gasteiger partial charge on any atom is 0.131 e. The maximum absolute atomic E-state index is 8.83. The first-order chi connectivity index (χ1) is 10.2. The van der Waals surface area contributed by atoms with Gasteiger partial charge in [0.1, 0.15) is 5.82 Å². The molecule has 1 aromatic carbocycles. The lowest BCUT2D eigenvalue weighted by atomic mass is 10.1. The van der Waals surface area contributed by atoms with Gasteiger partial charge in [-0.2, -0.15) is 5.26 Å². The van der Waals surface area contributed by atoms with Gasteiger partial charge in [0, 0.05) is 30.1 Å². The highest BCUT2D eigenvalue weighted by Crippen LogP contribution is 2.22. The van der Waals surface area contributed by atoms with E-state index in [9.17, 15) is 0 Å². The molecule has 0 aliphatic carbocycles. The highest BCUT2D eigenvalue weighted by atomic mass is 15.1. The second-order valence-corrected chi connectivity index (χ2v) is 5.35. The zero-order chi connectivity index (χ0) is 15.2. The topological polar surface area (TPSA) is 52.0 Å². The molecule has 21 heavy (non-hydrogen) atoms. The number of rotatable bonds is 6. The SMILES string of the molecule is CCNc1nc2ccccc2cc1CN(C)C(C)CC#N. The molecule has 0 amide bonds. The van der Waals surface area contributed by atoms with E-state index in [0.717, 1.165) is 29.8 Å². The molecule has 0 saturated heterocycles. The van der Waals surface area contributed by atoms with Crippen molar-refractivity contribution < 1.29 is 0 Å². The number of nitriles is 1. The second-order valence-electron chi connectivity index (χ2n) is 5.35. The van der Waals surface area contributed by atoms with Gasteiger partial charge in [0.2, 0.25) is 0 Å². The quantitative estimate of drug-likeness (QED) is 0.882. The number of nitrogens with one attached hydrogen (secondary N) is 1. The lowest BCUT2D eigenvalue weighted by molar-refractivity contribution is 0.252. The van der Waals surface area contributed by atoms with Gasteiger partial charge in [-0.3, -0.25) is 4.90 Å². The number of fused-ring (bicyclic) bond motifs is 1. The normalized spacial score (nSPS) is 12.3. The van der Waals surface area contributed by atoms with Crippen molar-refractivity contribution in [2.24, 2.45) is 0 Å². The van der Waals surface area contributed by atoms with E-state index in [4.69, 9.17) is 10.2 Å². The average molecular weight is 282 g/mol. The largest absolute Gasteiger partial charge is 0.370 e. The van der Waals surface area contributed by atoms with Gasteiger partial charge in [-0.05, 0) is 33.0 Å². The highest BCUT2D eigenvalue weighted by molar-refractivity contribution is 5.81. The Labute approximate surface area is 126 Å². The smallest absolute Gasteiger partial charge is 0.131 e. The molecule has 2 rings (SSSR count). The lowest BCUT2D eigenvalue weighted by Crippen LogP contribution is -2.28. The van der Waals surface area contributed by atoms with Gasteiger partial charge in [-0.15, -0.1) is 0 Å². The summed E-state index contributed by atoms with van der Waals surface area (Å²) in [5, 5.41) is 13.3. The molecule has 1 unspecified atom stereocenters. The van der Waals surface area contributed by atoms with Crippen molar-refractivity contribution in [1.82, 2.24) is 9.88 Å². The number of hydrogen-bond donors (Lipinski definition) is 1. The van der Waals surface area contributed by atoms with Crippen molar-refractivity contribution >= 4 is 16.7 Å². The predicted molar refractivity (Wildman–Crippen MR) is 87.1 cm³/mol. The van der Waals surface area contributed by atoms with Crippen LogP contribution in [0.4, 0.5) is 5.82 Å². The summed E-state index contributed by atoms with van der Waals surface area (Å²) in [6, 6.07) is 12.8. The van der Waals surface area contributed by atoms with Crippen LogP contribution in [-0.4, -0.2) is 29.5 Å². The Morgan fingerprint density at radius 3 is 2.86 bits per heavy atom. The fourth-order valence-corrected chi connectivity index (χ4v) is 2.31. The third kappa shape index (κ3) is 3.71. The third-order valence-corrected chi connectivity index (χ3v) is 3.71. The average Bonchev–Trinajstić information content (AvgIpc) is 2.48. The minimum Gasteiger partial charge on any atom is -0.370 e. The van der Waals surface area contributed by atoms with Crippen LogP contribution in [0.5, 0.6) is 0 Å². The van der Waals surface area contributed by atoms with E-state index in [1.807, 2.05) is 25.2 Å². The fourth-order valence-electron chi connectivity index (χ4n) is 2.31. The van der Waals surface area contributed by atoms with Gasteiger partial charge in [0.15, 0.2) is 0 Å². The van der Waals surface area contributed by atoms with Crippen LogP contribution in [0, 0.1) is 11.3 Å². The van der Waals surface area contributed by atoms with Crippen molar-refractivity contribution in [2.75, 3.05) is 18.9 Å². The minimum absolute atomic E-state index is 0.232. The number of pyridine rings is 1. The van der Waals surface area contributed by atoms with E-state index in [0.29, 0.717) is 6.42 Å². The molecule has 0 saturated carbocycles. The molecule has 1 atom stereocenters. The van der Waals surface area contributed by atoms with Crippen LogP contribution in [0.1, 0.15) is 25.8 Å². The number of nitrogens with zero attached hydrogens (tertiary/aromatic N) is 3. The number of anilines is 1. The van der Waals surface area contributed by atoms with E-state index in [1.54, 1.807) is 0 Å². The summed E-state index contributed by atoms with van der Waals surface area (Å²) in [5.41, 5.74) is 2.17. The first kappa shape index (κ1) is 15.3. The first-order valence-corrected chi connectivity index (χ1v) is 7.35. The van der Waals surface area contributed by atoms with Crippen LogP contribution < -0.4 is 5.32 Å². The fraction of sp³-hybridized carbons (Fsp3) is 0.412. The van der Waals surface area contributed by atoms with Crippen LogP contribution in [0.3, 0.4) is 0 Å². The molecule has 0 spiro atoms. The van der Waals surface area contributed by atoms with Gasteiger partial charge < -0.3 is 5.32 Å². The molecule has 4 nitrogen and oxygen atoms in total. The maximum atomic E-state index is 8.83. The van der Waals surface area contributed by atoms with E-state index in [-0.39, 0.29) is 6.04 Å². The Kier molecular flexibility index (Phi) is 5.13. The predicted octanol–water partition coefficient (Wildman–Crippen LogP) is 3.40. The van der Waals surface area contributed by atoms with E-state index < -0.39 is 0 Å². The summed E-state index contributed by atoms with van der Waals surface area (Å²) in [4.78, 5) is 6.91. The van der Waals surface area contributed by atoms with Gasteiger partial charge in [-0.25, -0.2) is 4.98 Å². The number of para-hydroxylation sites is 1. The molecule has 0 aliphatic rings. The summed E-state index contributed by atoms with van der Waals surface area (Å²) in [7, 11) is 2.05. The number of benzene rings is 1. The Morgan fingerprint density at radius 1 is 1.38 bits per heavy atom. The van der Waals surface area contributed by atoms with E-state index in [2.05, 4.69) is 42.3 Å². The van der Waals surface area contributed by atoms with E-state index in [1.165, 1.54) is 5.56 Å². The Hall–Kier alpha value is -2.12. The van der Waals surface area contributed by atoms with Crippen molar-refractivity contribution in [2.45, 2.75) is 32.9 Å². The molecule has 1 aromatic heterocycles. The van der Waals surface area contributed by atoms with Gasteiger partial charge in [-0.1, -0.05) is 18.2 Å². The highest BCUT2D eigenvalue weighted by Gasteiger charge is 2.13. The number of aromatic nitrogens is 1. The minimum atomic E-state index is 0.232. The molecule has 0 bridgehead atoms. The van der Waals surface area contributed by atoms with Crippen LogP contribution in [0.2, 0.25) is 0 Å². The summed E-state index contributed by atoms with van der Waals surface area (Å²) >= 11 is 0. The summed E-state index contributed by atoms with van der Waals surface area (Å²) in [5.74, 6) is 0.937. The van der Waals surface area contributed by atoms with Crippen molar-refractivity contribution in [1.29, 1.82) is 5.26 Å². The standard InChI is InChI=1S/C17H22N4/c1-4-19-17-15(12-21(3)13(2)9-10-18)11-14-7-5-6-8-16(14)20-17/h5-8,11,13H,4,9,12H2,1-3H3,(H,19,20). The molecular weight excluding hydrogens is 260 g/mol. The molecule has 0 fully saturated rings. The Balaban J connectivity index is 2.32. The molecule has 4 heteroatoms. The van der Waals surface area contributed by atoms with Crippen LogP contribution in [0.15, 0.2) is 30.3 Å². The van der Waals surface area contributed by atoms with Crippen molar-refractivity contribution in [3.8, 4) is 6.07 Å². The Morgan fingerprint density at radius 2 is 2.14 bits per heavy atom. The molecule has 0 radical (unpaired) electrons. The zero-order valence-electron chi connectivity index (χ0n) is 12.9. The molecule has 2 aromatic rings.